The summed E-state index contributed by atoms with van der Waals surface area (Å²) in [5.74, 6) is 0. The van der Waals surface area contributed by atoms with E-state index in [0.29, 0.717) is 0 Å². The fraction of sp³-hybridized carbons (Fsp3) is 0.182. The summed E-state index contributed by atoms with van der Waals surface area (Å²) in [5, 5.41) is 2.43. The van der Waals surface area contributed by atoms with Crippen molar-refractivity contribution < 1.29 is 0 Å². The SMILES string of the molecule is Cc1ccc2nc(-c3ccc4ccccc4n3)c(C)c(C)c2c1C. The Bertz CT molecular complexity index is 1090. The molecule has 0 aliphatic carbocycles. The molecule has 0 atom stereocenters. The third-order valence-electron chi connectivity index (χ3n) is 5.08. The summed E-state index contributed by atoms with van der Waals surface area (Å²) in [6.45, 7) is 8.67. The van der Waals surface area contributed by atoms with E-state index in [1.165, 1.54) is 27.6 Å². The van der Waals surface area contributed by atoms with Gasteiger partial charge in [-0.1, -0.05) is 30.3 Å². The summed E-state index contributed by atoms with van der Waals surface area (Å²) < 4.78 is 0. The van der Waals surface area contributed by atoms with Gasteiger partial charge in [0, 0.05) is 10.8 Å². The molecule has 24 heavy (non-hydrogen) atoms. The third kappa shape index (κ3) is 2.18. The summed E-state index contributed by atoms with van der Waals surface area (Å²) in [4.78, 5) is 9.78. The van der Waals surface area contributed by atoms with Crippen LogP contribution < -0.4 is 0 Å². The van der Waals surface area contributed by atoms with Crippen LogP contribution in [0.4, 0.5) is 0 Å². The molecule has 0 amide bonds. The van der Waals surface area contributed by atoms with Crippen molar-refractivity contribution in [3.63, 3.8) is 0 Å². The number of benzene rings is 2. The normalized spacial score (nSPS) is 11.3. The molecular formula is C22H20N2. The molecule has 2 aromatic carbocycles. The second-order valence-corrected chi connectivity index (χ2v) is 6.50. The lowest BCUT2D eigenvalue weighted by Crippen LogP contribution is -1.98. The average molecular weight is 312 g/mol. The lowest BCUT2D eigenvalue weighted by Gasteiger charge is -2.14. The van der Waals surface area contributed by atoms with E-state index >= 15 is 0 Å². The summed E-state index contributed by atoms with van der Waals surface area (Å²) in [6, 6.07) is 16.7. The zero-order valence-corrected chi connectivity index (χ0v) is 14.5. The van der Waals surface area contributed by atoms with E-state index in [0.717, 1.165) is 27.8 Å². The molecule has 0 aliphatic heterocycles. The van der Waals surface area contributed by atoms with Crippen LogP contribution >= 0.6 is 0 Å². The minimum atomic E-state index is 0.939. The molecule has 0 saturated heterocycles. The van der Waals surface area contributed by atoms with Crippen molar-refractivity contribution in [3.8, 4) is 11.4 Å². The Morgan fingerprint density at radius 3 is 2.25 bits per heavy atom. The molecular weight excluding hydrogens is 292 g/mol. The first kappa shape index (κ1) is 14.8. The molecule has 118 valence electrons. The van der Waals surface area contributed by atoms with E-state index < -0.39 is 0 Å². The van der Waals surface area contributed by atoms with Gasteiger partial charge in [0.25, 0.3) is 0 Å². The molecule has 2 heteroatoms. The molecule has 0 radical (unpaired) electrons. The molecule has 0 spiro atoms. The number of aryl methyl sites for hydroxylation is 3. The summed E-state index contributed by atoms with van der Waals surface area (Å²) in [6.07, 6.45) is 0. The highest BCUT2D eigenvalue weighted by molar-refractivity contribution is 5.90. The van der Waals surface area contributed by atoms with E-state index in [4.69, 9.17) is 9.97 Å². The van der Waals surface area contributed by atoms with Crippen molar-refractivity contribution in [1.82, 2.24) is 9.97 Å². The van der Waals surface area contributed by atoms with E-state index in [1.54, 1.807) is 0 Å². The quantitative estimate of drug-likeness (QED) is 0.451. The highest BCUT2D eigenvalue weighted by Gasteiger charge is 2.14. The van der Waals surface area contributed by atoms with Gasteiger partial charge >= 0.3 is 0 Å². The molecule has 0 aliphatic rings. The zero-order chi connectivity index (χ0) is 16.8. The van der Waals surface area contributed by atoms with Crippen LogP contribution in [0.1, 0.15) is 22.3 Å². The highest BCUT2D eigenvalue weighted by atomic mass is 14.8. The lowest BCUT2D eigenvalue weighted by molar-refractivity contribution is 1.23. The Labute approximate surface area is 142 Å². The Balaban J connectivity index is 2.02. The van der Waals surface area contributed by atoms with Crippen LogP contribution in [-0.4, -0.2) is 9.97 Å². The maximum absolute atomic E-state index is 4.95. The first-order valence-electron chi connectivity index (χ1n) is 8.29. The number of nitrogens with zero attached hydrogens (tertiary/aromatic N) is 2. The van der Waals surface area contributed by atoms with Crippen LogP contribution in [0.15, 0.2) is 48.5 Å². The molecule has 0 fully saturated rings. The molecule has 4 aromatic rings. The first-order valence-corrected chi connectivity index (χ1v) is 8.29. The summed E-state index contributed by atoms with van der Waals surface area (Å²) in [5.41, 5.74) is 9.11. The Kier molecular flexibility index (Phi) is 3.34. The zero-order valence-electron chi connectivity index (χ0n) is 14.5. The number of para-hydroxylation sites is 1. The molecule has 0 bridgehead atoms. The van der Waals surface area contributed by atoms with Gasteiger partial charge in [0.05, 0.1) is 22.4 Å². The van der Waals surface area contributed by atoms with Crippen LogP contribution in [0.3, 0.4) is 0 Å². The molecule has 2 nitrogen and oxygen atoms in total. The van der Waals surface area contributed by atoms with Crippen molar-refractivity contribution in [2.45, 2.75) is 27.7 Å². The van der Waals surface area contributed by atoms with E-state index in [1.807, 2.05) is 12.1 Å². The minimum absolute atomic E-state index is 0.939. The first-order chi connectivity index (χ1) is 11.6. The van der Waals surface area contributed by atoms with Crippen molar-refractivity contribution in [2.75, 3.05) is 0 Å². The number of aromatic nitrogens is 2. The minimum Gasteiger partial charge on any atom is -0.246 e. The van der Waals surface area contributed by atoms with Gasteiger partial charge in [0.1, 0.15) is 0 Å². The van der Waals surface area contributed by atoms with E-state index in [2.05, 4.69) is 64.1 Å². The fourth-order valence-electron chi connectivity index (χ4n) is 3.38. The van der Waals surface area contributed by atoms with Crippen LogP contribution in [0.5, 0.6) is 0 Å². The van der Waals surface area contributed by atoms with Gasteiger partial charge in [0.15, 0.2) is 0 Å². The number of rotatable bonds is 1. The van der Waals surface area contributed by atoms with Crippen LogP contribution in [0, 0.1) is 27.7 Å². The average Bonchev–Trinajstić information content (AvgIpc) is 2.60. The fourth-order valence-corrected chi connectivity index (χ4v) is 3.38. The van der Waals surface area contributed by atoms with Gasteiger partial charge in [-0.25, -0.2) is 9.97 Å². The van der Waals surface area contributed by atoms with E-state index in [-0.39, 0.29) is 0 Å². The molecule has 4 rings (SSSR count). The molecule has 2 heterocycles. The largest absolute Gasteiger partial charge is 0.246 e. The standard InChI is InChI=1S/C22H20N2/c1-13-9-11-19-21(14(13)2)15(3)16(4)22(24-19)20-12-10-17-7-5-6-8-18(17)23-20/h5-12H,1-4H3. The molecule has 0 unspecified atom stereocenters. The lowest BCUT2D eigenvalue weighted by atomic mass is 9.95. The number of pyridine rings is 2. The monoisotopic (exact) mass is 312 g/mol. The number of hydrogen-bond donors (Lipinski definition) is 0. The van der Waals surface area contributed by atoms with Crippen LogP contribution in [0.25, 0.3) is 33.2 Å². The van der Waals surface area contributed by atoms with Gasteiger partial charge in [-0.05, 0) is 68.1 Å². The van der Waals surface area contributed by atoms with Crippen LogP contribution in [0.2, 0.25) is 0 Å². The molecule has 0 N–H and O–H groups in total. The predicted octanol–water partition coefficient (Wildman–Crippen LogP) is 5.68. The highest BCUT2D eigenvalue weighted by Crippen LogP contribution is 2.31. The maximum atomic E-state index is 4.95. The second kappa shape index (κ2) is 5.41. The molecule has 2 aromatic heterocycles. The summed E-state index contributed by atoms with van der Waals surface area (Å²) >= 11 is 0. The summed E-state index contributed by atoms with van der Waals surface area (Å²) in [7, 11) is 0. The van der Waals surface area contributed by atoms with Crippen molar-refractivity contribution in [2.24, 2.45) is 0 Å². The van der Waals surface area contributed by atoms with Gasteiger partial charge in [-0.2, -0.15) is 0 Å². The van der Waals surface area contributed by atoms with Gasteiger partial charge in [0.2, 0.25) is 0 Å². The Hall–Kier alpha value is -2.74. The number of hydrogen-bond acceptors (Lipinski definition) is 2. The van der Waals surface area contributed by atoms with Gasteiger partial charge in [-0.15, -0.1) is 0 Å². The number of fused-ring (bicyclic) bond motifs is 2. The predicted molar refractivity (Wildman–Crippen MR) is 101 cm³/mol. The maximum Gasteiger partial charge on any atom is 0.0925 e. The van der Waals surface area contributed by atoms with Crippen molar-refractivity contribution in [1.29, 1.82) is 0 Å². The molecule has 0 saturated carbocycles. The second-order valence-electron chi connectivity index (χ2n) is 6.50. The van der Waals surface area contributed by atoms with Crippen molar-refractivity contribution in [3.05, 3.63) is 70.8 Å². The van der Waals surface area contributed by atoms with E-state index in [9.17, 15) is 0 Å². The smallest absolute Gasteiger partial charge is 0.0925 e. The van der Waals surface area contributed by atoms with Crippen LogP contribution in [-0.2, 0) is 0 Å². The third-order valence-corrected chi connectivity index (χ3v) is 5.08. The Morgan fingerprint density at radius 2 is 1.42 bits per heavy atom. The Morgan fingerprint density at radius 1 is 0.625 bits per heavy atom. The van der Waals surface area contributed by atoms with Gasteiger partial charge in [-0.3, -0.25) is 0 Å². The van der Waals surface area contributed by atoms with Crippen molar-refractivity contribution >= 4 is 21.8 Å². The van der Waals surface area contributed by atoms with Gasteiger partial charge < -0.3 is 0 Å². The topological polar surface area (TPSA) is 25.8 Å².